The molecule has 31 heavy (non-hydrogen) atoms. The van der Waals surface area contributed by atoms with Gasteiger partial charge in [-0.2, -0.15) is 5.26 Å². The Balaban J connectivity index is 2.14. The smallest absolute Gasteiger partial charge is 0.270 e. The van der Waals surface area contributed by atoms with E-state index in [-0.39, 0.29) is 17.0 Å². The van der Waals surface area contributed by atoms with Crippen LogP contribution in [0, 0.1) is 24.2 Å². The zero-order valence-corrected chi connectivity index (χ0v) is 20.1. The molecule has 9 heteroatoms. The molecule has 1 aromatic heterocycles. The number of nitriles is 1. The molecular weight excluding hydrogens is 432 g/mol. The SMILES string of the molecule is CCn1c(N2CCOCC2)c(C=C2SC(=S)N(CCC(C)C)C2=O)c(C)c(C#N)c1=O. The van der Waals surface area contributed by atoms with Gasteiger partial charge < -0.3 is 9.64 Å². The van der Waals surface area contributed by atoms with Crippen molar-refractivity contribution in [3.63, 3.8) is 0 Å². The van der Waals surface area contributed by atoms with Gasteiger partial charge in [-0.15, -0.1) is 0 Å². The Morgan fingerprint density at radius 1 is 1.29 bits per heavy atom. The lowest BCUT2D eigenvalue weighted by Gasteiger charge is -2.33. The second kappa shape index (κ2) is 9.98. The summed E-state index contributed by atoms with van der Waals surface area (Å²) in [5.74, 6) is 1.09. The number of rotatable bonds is 6. The van der Waals surface area contributed by atoms with Crippen molar-refractivity contribution in [1.29, 1.82) is 5.26 Å². The molecule has 1 amide bonds. The molecule has 0 aromatic carbocycles. The molecule has 0 N–H and O–H groups in total. The van der Waals surface area contributed by atoms with E-state index in [1.807, 2.05) is 6.92 Å². The predicted octanol–water partition coefficient (Wildman–Crippen LogP) is 3.13. The van der Waals surface area contributed by atoms with Crippen LogP contribution in [0.5, 0.6) is 0 Å². The monoisotopic (exact) mass is 460 g/mol. The van der Waals surface area contributed by atoms with E-state index >= 15 is 0 Å². The van der Waals surface area contributed by atoms with E-state index in [0.29, 0.717) is 60.1 Å². The zero-order valence-electron chi connectivity index (χ0n) is 18.4. The maximum absolute atomic E-state index is 13.1. The van der Waals surface area contributed by atoms with Crippen molar-refractivity contribution < 1.29 is 9.53 Å². The summed E-state index contributed by atoms with van der Waals surface area (Å²) in [6, 6.07) is 2.06. The van der Waals surface area contributed by atoms with Crippen LogP contribution in [0.25, 0.3) is 6.08 Å². The molecule has 0 aliphatic carbocycles. The lowest BCUT2D eigenvalue weighted by Crippen LogP contribution is -2.41. The number of hydrogen-bond donors (Lipinski definition) is 0. The van der Waals surface area contributed by atoms with Gasteiger partial charge in [-0.1, -0.05) is 37.8 Å². The van der Waals surface area contributed by atoms with Crippen LogP contribution < -0.4 is 10.5 Å². The van der Waals surface area contributed by atoms with Gasteiger partial charge in [0.05, 0.1) is 18.1 Å². The van der Waals surface area contributed by atoms with Crippen LogP contribution in [-0.4, -0.2) is 52.5 Å². The molecule has 0 radical (unpaired) electrons. The van der Waals surface area contributed by atoms with Gasteiger partial charge in [-0.3, -0.25) is 19.1 Å². The van der Waals surface area contributed by atoms with E-state index in [1.165, 1.54) is 11.8 Å². The van der Waals surface area contributed by atoms with Crippen molar-refractivity contribution in [1.82, 2.24) is 9.47 Å². The van der Waals surface area contributed by atoms with E-state index in [4.69, 9.17) is 17.0 Å². The summed E-state index contributed by atoms with van der Waals surface area (Å²) >= 11 is 6.74. The minimum absolute atomic E-state index is 0.111. The highest BCUT2D eigenvalue weighted by Crippen LogP contribution is 2.36. The van der Waals surface area contributed by atoms with Crippen molar-refractivity contribution in [2.75, 3.05) is 37.7 Å². The fraction of sp³-hybridized carbons (Fsp3) is 0.545. The van der Waals surface area contributed by atoms with Crippen LogP contribution in [0.2, 0.25) is 0 Å². The molecule has 0 saturated carbocycles. The first-order valence-corrected chi connectivity index (χ1v) is 11.8. The van der Waals surface area contributed by atoms with Gasteiger partial charge in [0.1, 0.15) is 21.8 Å². The van der Waals surface area contributed by atoms with E-state index in [9.17, 15) is 14.9 Å². The number of thiocarbonyl (C=S) groups is 1. The van der Waals surface area contributed by atoms with Gasteiger partial charge in [0, 0.05) is 31.7 Å². The second-order valence-electron chi connectivity index (χ2n) is 8.01. The molecule has 0 spiro atoms. The molecular formula is C22H28N4O3S2. The predicted molar refractivity (Wildman–Crippen MR) is 128 cm³/mol. The first kappa shape index (κ1) is 23.5. The summed E-state index contributed by atoms with van der Waals surface area (Å²) in [6.07, 6.45) is 2.68. The summed E-state index contributed by atoms with van der Waals surface area (Å²) < 4.78 is 7.66. The Morgan fingerprint density at radius 2 is 1.97 bits per heavy atom. The number of pyridine rings is 1. The number of morpholine rings is 1. The van der Waals surface area contributed by atoms with Crippen molar-refractivity contribution in [3.8, 4) is 6.07 Å². The Labute approximate surface area is 192 Å². The average molecular weight is 461 g/mol. The summed E-state index contributed by atoms with van der Waals surface area (Å²) in [6.45, 7) is 11.3. The van der Waals surface area contributed by atoms with Crippen LogP contribution in [0.3, 0.4) is 0 Å². The quantitative estimate of drug-likeness (QED) is 0.477. The Morgan fingerprint density at radius 3 is 2.55 bits per heavy atom. The number of thioether (sulfide) groups is 1. The topological polar surface area (TPSA) is 78.6 Å². The number of nitrogens with zero attached hydrogens (tertiary/aromatic N) is 4. The average Bonchev–Trinajstić information content (AvgIpc) is 3.01. The highest BCUT2D eigenvalue weighted by Gasteiger charge is 2.33. The van der Waals surface area contributed by atoms with Gasteiger partial charge in [0.25, 0.3) is 11.5 Å². The van der Waals surface area contributed by atoms with Gasteiger partial charge in [-0.25, -0.2) is 0 Å². The number of anilines is 1. The Bertz CT molecular complexity index is 1020. The third-order valence-corrected chi connectivity index (χ3v) is 6.93. The fourth-order valence-corrected chi connectivity index (χ4v) is 5.05. The largest absolute Gasteiger partial charge is 0.378 e. The standard InChI is InChI=1S/C22H28N4O3S2/c1-5-25-19(24-8-10-29-11-9-24)16(15(4)17(13-23)20(25)27)12-18-21(28)26(22(30)31-18)7-6-14(2)3/h12,14H,5-11H2,1-4H3. The number of amides is 1. The van der Waals surface area contributed by atoms with Gasteiger partial charge >= 0.3 is 0 Å². The molecule has 2 saturated heterocycles. The van der Waals surface area contributed by atoms with Crippen molar-refractivity contribution in [3.05, 3.63) is 31.9 Å². The number of aromatic nitrogens is 1. The molecule has 166 valence electrons. The lowest BCUT2D eigenvalue weighted by atomic mass is 10.0. The molecule has 7 nitrogen and oxygen atoms in total. The molecule has 2 aliphatic heterocycles. The van der Waals surface area contributed by atoms with E-state index in [0.717, 1.165) is 17.8 Å². The third kappa shape index (κ3) is 4.71. The second-order valence-corrected chi connectivity index (χ2v) is 9.69. The van der Waals surface area contributed by atoms with Crippen LogP contribution in [0.1, 0.15) is 43.9 Å². The summed E-state index contributed by atoms with van der Waals surface area (Å²) in [5.41, 5.74) is 1.13. The molecule has 0 unspecified atom stereocenters. The number of carbonyl (C=O) groups excluding carboxylic acids is 1. The first-order valence-electron chi connectivity index (χ1n) is 10.6. The summed E-state index contributed by atoms with van der Waals surface area (Å²) in [5, 5.41) is 9.65. The summed E-state index contributed by atoms with van der Waals surface area (Å²) in [4.78, 5) is 30.4. The van der Waals surface area contributed by atoms with E-state index < -0.39 is 0 Å². The van der Waals surface area contributed by atoms with Gasteiger partial charge in [0.2, 0.25) is 0 Å². The minimum atomic E-state index is -0.300. The van der Waals surface area contributed by atoms with Crippen molar-refractivity contribution in [2.24, 2.45) is 5.92 Å². The number of ether oxygens (including phenoxy) is 1. The van der Waals surface area contributed by atoms with E-state index in [2.05, 4.69) is 24.8 Å². The van der Waals surface area contributed by atoms with Crippen LogP contribution >= 0.6 is 24.0 Å². The Kier molecular flexibility index (Phi) is 7.57. The maximum Gasteiger partial charge on any atom is 0.270 e. The van der Waals surface area contributed by atoms with Gasteiger partial charge in [-0.05, 0) is 37.8 Å². The van der Waals surface area contributed by atoms with Crippen molar-refractivity contribution in [2.45, 2.75) is 40.7 Å². The first-order chi connectivity index (χ1) is 14.8. The normalized spacial score (nSPS) is 18.4. The fourth-order valence-electron chi connectivity index (χ4n) is 3.76. The van der Waals surface area contributed by atoms with Crippen molar-refractivity contribution >= 4 is 46.1 Å². The molecule has 3 rings (SSSR count). The summed E-state index contributed by atoms with van der Waals surface area (Å²) in [7, 11) is 0. The van der Waals surface area contributed by atoms with Gasteiger partial charge in [0.15, 0.2) is 0 Å². The van der Waals surface area contributed by atoms with Crippen LogP contribution in [-0.2, 0) is 16.1 Å². The molecule has 0 bridgehead atoms. The molecule has 0 atom stereocenters. The third-order valence-electron chi connectivity index (χ3n) is 5.55. The number of hydrogen-bond acceptors (Lipinski definition) is 7. The highest BCUT2D eigenvalue weighted by molar-refractivity contribution is 8.26. The van der Waals surface area contributed by atoms with Crippen LogP contribution in [0.4, 0.5) is 5.82 Å². The number of carbonyl (C=O) groups is 1. The molecule has 3 heterocycles. The Hall–Kier alpha value is -2.15. The minimum Gasteiger partial charge on any atom is -0.378 e. The van der Waals surface area contributed by atoms with Crippen LogP contribution in [0.15, 0.2) is 9.70 Å². The molecule has 2 aliphatic rings. The zero-order chi connectivity index (χ0) is 22.7. The van der Waals surface area contributed by atoms with E-state index in [1.54, 1.807) is 22.5 Å². The maximum atomic E-state index is 13.1. The molecule has 1 aromatic rings. The highest BCUT2D eigenvalue weighted by atomic mass is 32.2. The molecule has 2 fully saturated rings. The lowest BCUT2D eigenvalue weighted by molar-refractivity contribution is -0.122.